The lowest BCUT2D eigenvalue weighted by Crippen LogP contribution is -2.27. The third kappa shape index (κ3) is 6.45. The van der Waals surface area contributed by atoms with Gasteiger partial charge in [0.05, 0.1) is 0 Å². The van der Waals surface area contributed by atoms with E-state index in [1.54, 1.807) is 50.5 Å². The van der Waals surface area contributed by atoms with Gasteiger partial charge in [-0.05, 0) is 54.6 Å². The number of ketones is 1. The summed E-state index contributed by atoms with van der Waals surface area (Å²) >= 11 is 3.25. The SMILES string of the molecule is CN(C)C(=O)COc1ccc(C(=O)/C=C/c2cc(Br)ccc2OC(F)F)cc1. The highest BCUT2D eigenvalue weighted by molar-refractivity contribution is 9.10. The second-order valence-corrected chi connectivity index (χ2v) is 6.78. The van der Waals surface area contributed by atoms with Gasteiger partial charge in [0.1, 0.15) is 11.5 Å². The minimum absolute atomic E-state index is 0.0310. The Bertz CT molecular complexity index is 867. The molecule has 0 unspecified atom stereocenters. The summed E-state index contributed by atoms with van der Waals surface area (Å²) in [5.74, 6) is -0.0790. The Morgan fingerprint density at radius 2 is 1.82 bits per heavy atom. The summed E-state index contributed by atoms with van der Waals surface area (Å²) in [4.78, 5) is 25.2. The lowest BCUT2D eigenvalue weighted by Gasteiger charge is -2.11. The van der Waals surface area contributed by atoms with Crippen molar-refractivity contribution in [3.8, 4) is 11.5 Å². The van der Waals surface area contributed by atoms with Gasteiger partial charge in [-0.15, -0.1) is 0 Å². The fourth-order valence-corrected chi connectivity index (χ4v) is 2.48. The van der Waals surface area contributed by atoms with Crippen molar-refractivity contribution in [1.82, 2.24) is 4.90 Å². The third-order valence-electron chi connectivity index (χ3n) is 3.60. The van der Waals surface area contributed by atoms with Crippen LogP contribution in [0.4, 0.5) is 8.78 Å². The van der Waals surface area contributed by atoms with E-state index in [2.05, 4.69) is 20.7 Å². The van der Waals surface area contributed by atoms with E-state index < -0.39 is 6.61 Å². The monoisotopic (exact) mass is 453 g/mol. The van der Waals surface area contributed by atoms with E-state index in [0.29, 0.717) is 21.3 Å². The molecule has 0 aliphatic carbocycles. The van der Waals surface area contributed by atoms with Crippen LogP contribution in [0, 0.1) is 0 Å². The first-order valence-corrected chi connectivity index (χ1v) is 8.95. The Kier molecular flexibility index (Phi) is 7.69. The average Bonchev–Trinajstić information content (AvgIpc) is 2.65. The normalized spacial score (nSPS) is 10.9. The van der Waals surface area contributed by atoms with Gasteiger partial charge in [0.2, 0.25) is 0 Å². The van der Waals surface area contributed by atoms with Crippen molar-refractivity contribution in [3.05, 3.63) is 64.1 Å². The minimum atomic E-state index is -2.96. The number of hydrogen-bond acceptors (Lipinski definition) is 4. The van der Waals surface area contributed by atoms with Crippen molar-refractivity contribution in [2.75, 3.05) is 20.7 Å². The second kappa shape index (κ2) is 9.98. The first-order chi connectivity index (χ1) is 13.3. The number of nitrogens with zero attached hydrogens (tertiary/aromatic N) is 1. The Hall–Kier alpha value is -2.74. The molecule has 2 aromatic rings. The van der Waals surface area contributed by atoms with Gasteiger partial charge < -0.3 is 14.4 Å². The van der Waals surface area contributed by atoms with Crippen molar-refractivity contribution < 1.29 is 27.8 Å². The number of alkyl halides is 2. The Morgan fingerprint density at radius 1 is 1.14 bits per heavy atom. The highest BCUT2D eigenvalue weighted by Gasteiger charge is 2.10. The Morgan fingerprint density at radius 3 is 2.43 bits per heavy atom. The molecule has 148 valence electrons. The smallest absolute Gasteiger partial charge is 0.387 e. The van der Waals surface area contributed by atoms with Crippen LogP contribution in [0.15, 0.2) is 53.0 Å². The number of amides is 1. The van der Waals surface area contributed by atoms with Crippen LogP contribution in [0.25, 0.3) is 6.08 Å². The fourth-order valence-electron chi connectivity index (χ4n) is 2.10. The van der Waals surface area contributed by atoms with Crippen LogP contribution < -0.4 is 9.47 Å². The molecule has 0 bridgehead atoms. The highest BCUT2D eigenvalue weighted by atomic mass is 79.9. The summed E-state index contributed by atoms with van der Waals surface area (Å²) < 4.78 is 35.5. The van der Waals surface area contributed by atoms with E-state index in [4.69, 9.17) is 4.74 Å². The molecule has 8 heteroatoms. The number of carbonyl (C=O) groups is 2. The van der Waals surface area contributed by atoms with Gasteiger partial charge >= 0.3 is 6.61 Å². The van der Waals surface area contributed by atoms with Crippen LogP contribution in [0.2, 0.25) is 0 Å². The standard InChI is InChI=1S/C20H18BrF2NO4/c1-24(2)19(26)12-27-16-7-3-13(4-8-16)17(25)9-5-14-11-15(21)6-10-18(14)28-20(22)23/h3-11,20H,12H2,1-2H3/b9-5+. The van der Waals surface area contributed by atoms with Crippen molar-refractivity contribution >= 4 is 33.7 Å². The molecule has 28 heavy (non-hydrogen) atoms. The van der Waals surface area contributed by atoms with Gasteiger partial charge in [0.15, 0.2) is 12.4 Å². The zero-order valence-electron chi connectivity index (χ0n) is 15.2. The van der Waals surface area contributed by atoms with Gasteiger partial charge in [-0.2, -0.15) is 8.78 Å². The molecule has 2 aromatic carbocycles. The molecular formula is C20H18BrF2NO4. The van der Waals surface area contributed by atoms with Crippen molar-refractivity contribution in [2.45, 2.75) is 6.61 Å². The van der Waals surface area contributed by atoms with Crippen molar-refractivity contribution in [2.24, 2.45) is 0 Å². The van der Waals surface area contributed by atoms with Crippen LogP contribution in [0.3, 0.4) is 0 Å². The largest absolute Gasteiger partial charge is 0.484 e. The Labute approximate surface area is 169 Å². The number of benzene rings is 2. The summed E-state index contributed by atoms with van der Waals surface area (Å²) in [5.41, 5.74) is 0.721. The predicted molar refractivity (Wildman–Crippen MR) is 105 cm³/mol. The first-order valence-electron chi connectivity index (χ1n) is 8.16. The topological polar surface area (TPSA) is 55.8 Å². The van der Waals surface area contributed by atoms with Gasteiger partial charge in [-0.3, -0.25) is 9.59 Å². The molecule has 0 N–H and O–H groups in total. The summed E-state index contributed by atoms with van der Waals surface area (Å²) in [6.07, 6.45) is 2.68. The first kappa shape index (κ1) is 21.6. The minimum Gasteiger partial charge on any atom is -0.484 e. The van der Waals surface area contributed by atoms with Crippen LogP contribution in [-0.2, 0) is 4.79 Å². The maximum absolute atomic E-state index is 12.5. The molecule has 0 heterocycles. The third-order valence-corrected chi connectivity index (χ3v) is 4.10. The zero-order valence-corrected chi connectivity index (χ0v) is 16.8. The van der Waals surface area contributed by atoms with E-state index in [0.717, 1.165) is 0 Å². The molecule has 1 amide bonds. The quantitative estimate of drug-likeness (QED) is 0.438. The van der Waals surface area contributed by atoms with E-state index in [-0.39, 0.29) is 24.0 Å². The number of carbonyl (C=O) groups excluding carboxylic acids is 2. The summed E-state index contributed by atoms with van der Waals surface area (Å²) in [6, 6.07) is 10.8. The van der Waals surface area contributed by atoms with E-state index in [9.17, 15) is 18.4 Å². The number of hydrogen-bond donors (Lipinski definition) is 0. The summed E-state index contributed by atoms with van der Waals surface area (Å²) in [7, 11) is 3.26. The summed E-state index contributed by atoms with van der Waals surface area (Å²) in [5, 5.41) is 0. The average molecular weight is 454 g/mol. The van der Waals surface area contributed by atoms with Crippen LogP contribution in [0.5, 0.6) is 11.5 Å². The molecular weight excluding hydrogens is 436 g/mol. The number of likely N-dealkylation sites (N-methyl/N-ethyl adjacent to an activating group) is 1. The van der Waals surface area contributed by atoms with Gasteiger partial charge in [0.25, 0.3) is 5.91 Å². The van der Waals surface area contributed by atoms with Gasteiger partial charge in [-0.25, -0.2) is 0 Å². The maximum atomic E-state index is 12.5. The molecule has 0 saturated carbocycles. The molecule has 2 rings (SSSR count). The lowest BCUT2D eigenvalue weighted by molar-refractivity contribution is -0.130. The van der Waals surface area contributed by atoms with Crippen LogP contribution in [-0.4, -0.2) is 43.9 Å². The van der Waals surface area contributed by atoms with E-state index >= 15 is 0 Å². The molecule has 0 aromatic heterocycles. The summed E-state index contributed by atoms with van der Waals surface area (Å²) in [6.45, 7) is -3.06. The molecule has 0 radical (unpaired) electrons. The molecule has 5 nitrogen and oxygen atoms in total. The molecule has 0 fully saturated rings. The fraction of sp³-hybridized carbons (Fsp3) is 0.200. The number of allylic oxidation sites excluding steroid dienone is 1. The van der Waals surface area contributed by atoms with Crippen LogP contribution >= 0.6 is 15.9 Å². The van der Waals surface area contributed by atoms with E-state index in [1.807, 2.05) is 0 Å². The Balaban J connectivity index is 2.07. The molecule has 0 saturated heterocycles. The van der Waals surface area contributed by atoms with Crippen LogP contribution in [0.1, 0.15) is 15.9 Å². The molecule has 0 spiro atoms. The molecule has 0 atom stereocenters. The van der Waals surface area contributed by atoms with Gasteiger partial charge in [-0.1, -0.05) is 15.9 Å². The zero-order chi connectivity index (χ0) is 20.7. The number of rotatable bonds is 8. The lowest BCUT2D eigenvalue weighted by atomic mass is 10.1. The van der Waals surface area contributed by atoms with Gasteiger partial charge in [0, 0.05) is 29.7 Å². The molecule has 0 aliphatic heterocycles. The second-order valence-electron chi connectivity index (χ2n) is 5.86. The maximum Gasteiger partial charge on any atom is 0.387 e. The van der Waals surface area contributed by atoms with Crippen molar-refractivity contribution in [1.29, 1.82) is 0 Å². The van der Waals surface area contributed by atoms with E-state index in [1.165, 1.54) is 23.1 Å². The van der Waals surface area contributed by atoms with Crippen molar-refractivity contribution in [3.63, 3.8) is 0 Å². The number of halogens is 3. The number of ether oxygens (including phenoxy) is 2. The highest BCUT2D eigenvalue weighted by Crippen LogP contribution is 2.26. The predicted octanol–water partition coefficient (Wildman–Crippen LogP) is 4.41. The molecule has 0 aliphatic rings.